The molecule has 1 nitrogen and oxygen atoms in total. The maximum atomic E-state index is 13.7. The molecule has 0 saturated carbocycles. The van der Waals surface area contributed by atoms with Crippen LogP contribution in [-0.2, 0) is 6.42 Å². The Kier molecular flexibility index (Phi) is 4.14. The van der Waals surface area contributed by atoms with Crippen LogP contribution < -0.4 is 0 Å². The van der Waals surface area contributed by atoms with Crippen LogP contribution >= 0.6 is 38.9 Å². The molecular formula is C12H6BrClF2OS. The second kappa shape index (κ2) is 5.47. The summed E-state index contributed by atoms with van der Waals surface area (Å²) in [7, 11) is 0. The number of carbonyl (C=O) groups is 1. The third-order valence-corrected chi connectivity index (χ3v) is 4.34. The van der Waals surface area contributed by atoms with Crippen molar-refractivity contribution in [2.75, 3.05) is 0 Å². The molecule has 1 aromatic carbocycles. The highest BCUT2D eigenvalue weighted by Crippen LogP contribution is 2.27. The monoisotopic (exact) mass is 350 g/mol. The van der Waals surface area contributed by atoms with Crippen LogP contribution in [0.1, 0.15) is 15.2 Å². The molecule has 0 spiro atoms. The second-order valence-corrected chi connectivity index (χ2v) is 5.70. The first kappa shape index (κ1) is 13.6. The molecule has 0 aliphatic heterocycles. The Morgan fingerprint density at radius 1 is 1.33 bits per heavy atom. The van der Waals surface area contributed by atoms with E-state index < -0.39 is 17.4 Å². The lowest BCUT2D eigenvalue weighted by Gasteiger charge is -2.05. The van der Waals surface area contributed by atoms with Crippen LogP contribution in [0.25, 0.3) is 0 Å². The molecule has 6 heteroatoms. The molecule has 0 N–H and O–H groups in total. The minimum Gasteiger partial charge on any atom is -0.293 e. The van der Waals surface area contributed by atoms with Gasteiger partial charge >= 0.3 is 0 Å². The van der Waals surface area contributed by atoms with Gasteiger partial charge in [0.05, 0.1) is 14.4 Å². The molecule has 0 fully saturated rings. The van der Waals surface area contributed by atoms with Crippen molar-refractivity contribution in [2.24, 2.45) is 0 Å². The van der Waals surface area contributed by atoms with Gasteiger partial charge in [-0.15, -0.1) is 11.3 Å². The standard InChI is InChI=1S/C12H6BrClF2OS/c13-7-1-2-9(15)6(11(7)16)5-10(17)12-8(14)3-4-18-12/h1-4H,5H2. The average Bonchev–Trinajstić information content (AvgIpc) is 2.76. The number of thiophene rings is 1. The van der Waals surface area contributed by atoms with Gasteiger partial charge in [-0.3, -0.25) is 4.79 Å². The summed E-state index contributed by atoms with van der Waals surface area (Å²) in [5.41, 5.74) is -0.251. The number of hydrogen-bond acceptors (Lipinski definition) is 2. The van der Waals surface area contributed by atoms with Gasteiger partial charge in [-0.05, 0) is 39.5 Å². The molecule has 0 radical (unpaired) electrons. The van der Waals surface area contributed by atoms with E-state index in [1.807, 2.05) is 0 Å². The summed E-state index contributed by atoms with van der Waals surface area (Å²) in [4.78, 5) is 12.2. The highest BCUT2D eigenvalue weighted by atomic mass is 79.9. The van der Waals surface area contributed by atoms with Gasteiger partial charge in [-0.25, -0.2) is 8.78 Å². The average molecular weight is 352 g/mol. The molecule has 1 heterocycles. The van der Waals surface area contributed by atoms with Crippen molar-refractivity contribution in [1.82, 2.24) is 0 Å². The van der Waals surface area contributed by atoms with E-state index in [-0.39, 0.29) is 16.5 Å². The van der Waals surface area contributed by atoms with E-state index in [0.29, 0.717) is 9.90 Å². The predicted molar refractivity (Wildman–Crippen MR) is 71.4 cm³/mol. The Balaban J connectivity index is 2.33. The molecule has 0 unspecified atom stereocenters. The van der Waals surface area contributed by atoms with Crippen LogP contribution in [-0.4, -0.2) is 5.78 Å². The highest BCUT2D eigenvalue weighted by Gasteiger charge is 2.19. The Hall–Kier alpha value is -0.780. The summed E-state index contributed by atoms with van der Waals surface area (Å²) in [6.07, 6.45) is -0.350. The minimum absolute atomic E-state index is 0.129. The number of hydrogen-bond donors (Lipinski definition) is 0. The van der Waals surface area contributed by atoms with Gasteiger partial charge in [0.2, 0.25) is 0 Å². The molecule has 2 rings (SSSR count). The van der Waals surface area contributed by atoms with Gasteiger partial charge in [0, 0.05) is 12.0 Å². The molecule has 0 saturated heterocycles. The normalized spacial score (nSPS) is 10.7. The molecule has 2 aromatic rings. The van der Waals surface area contributed by atoms with E-state index in [9.17, 15) is 13.6 Å². The molecule has 0 bridgehead atoms. The molecule has 0 atom stereocenters. The third-order valence-electron chi connectivity index (χ3n) is 2.35. The zero-order valence-corrected chi connectivity index (χ0v) is 12.0. The van der Waals surface area contributed by atoms with E-state index in [2.05, 4.69) is 15.9 Å². The van der Waals surface area contributed by atoms with E-state index in [1.165, 1.54) is 6.07 Å². The Bertz CT molecular complexity index is 612. The second-order valence-electron chi connectivity index (χ2n) is 3.52. The van der Waals surface area contributed by atoms with Crippen molar-refractivity contribution in [3.63, 3.8) is 0 Å². The first-order valence-corrected chi connectivity index (χ1v) is 6.94. The van der Waals surface area contributed by atoms with E-state index in [1.54, 1.807) is 11.4 Å². The van der Waals surface area contributed by atoms with E-state index >= 15 is 0 Å². The minimum atomic E-state index is -0.754. The van der Waals surface area contributed by atoms with Crippen LogP contribution in [0.2, 0.25) is 5.02 Å². The zero-order valence-electron chi connectivity index (χ0n) is 8.84. The smallest absolute Gasteiger partial charge is 0.178 e. The van der Waals surface area contributed by atoms with Gasteiger partial charge in [-0.1, -0.05) is 11.6 Å². The fourth-order valence-corrected chi connectivity index (χ4v) is 2.94. The molecule has 0 aliphatic rings. The first-order chi connectivity index (χ1) is 8.50. The van der Waals surface area contributed by atoms with Gasteiger partial charge < -0.3 is 0 Å². The Labute approximate surface area is 120 Å². The number of rotatable bonds is 3. The number of halogens is 4. The summed E-state index contributed by atoms with van der Waals surface area (Å²) in [5, 5.41) is 1.96. The molecular weight excluding hydrogens is 346 g/mol. The van der Waals surface area contributed by atoms with Crippen LogP contribution in [0.15, 0.2) is 28.1 Å². The van der Waals surface area contributed by atoms with Gasteiger partial charge in [0.25, 0.3) is 0 Å². The zero-order chi connectivity index (χ0) is 13.3. The maximum absolute atomic E-state index is 13.7. The summed E-state index contributed by atoms with van der Waals surface area (Å²) < 4.78 is 27.3. The van der Waals surface area contributed by atoms with Crippen LogP contribution in [0.4, 0.5) is 8.78 Å². The van der Waals surface area contributed by atoms with Crippen LogP contribution in [0.3, 0.4) is 0 Å². The van der Waals surface area contributed by atoms with Crippen molar-refractivity contribution in [3.8, 4) is 0 Å². The van der Waals surface area contributed by atoms with Crippen LogP contribution in [0, 0.1) is 11.6 Å². The van der Waals surface area contributed by atoms with Crippen molar-refractivity contribution in [1.29, 1.82) is 0 Å². The fraction of sp³-hybridized carbons (Fsp3) is 0.0833. The lowest BCUT2D eigenvalue weighted by molar-refractivity contribution is 0.0994. The summed E-state index contributed by atoms with van der Waals surface area (Å²) in [6.45, 7) is 0. The Morgan fingerprint density at radius 3 is 2.67 bits per heavy atom. The third kappa shape index (κ3) is 2.63. The van der Waals surface area contributed by atoms with Crippen molar-refractivity contribution in [3.05, 3.63) is 55.1 Å². The van der Waals surface area contributed by atoms with Gasteiger partial charge in [0.1, 0.15) is 11.6 Å². The summed E-state index contributed by atoms with van der Waals surface area (Å²) in [5.74, 6) is -1.89. The van der Waals surface area contributed by atoms with Crippen molar-refractivity contribution < 1.29 is 13.6 Å². The lowest BCUT2D eigenvalue weighted by Crippen LogP contribution is -2.06. The largest absolute Gasteiger partial charge is 0.293 e. The summed E-state index contributed by atoms with van der Waals surface area (Å²) >= 11 is 9.92. The molecule has 18 heavy (non-hydrogen) atoms. The van der Waals surface area contributed by atoms with E-state index in [0.717, 1.165) is 17.4 Å². The highest BCUT2D eigenvalue weighted by molar-refractivity contribution is 9.10. The lowest BCUT2D eigenvalue weighted by atomic mass is 10.1. The quantitative estimate of drug-likeness (QED) is 0.570. The van der Waals surface area contributed by atoms with Crippen molar-refractivity contribution in [2.45, 2.75) is 6.42 Å². The predicted octanol–water partition coefficient (Wildman–Crippen LogP) is 4.87. The molecule has 0 aliphatic carbocycles. The van der Waals surface area contributed by atoms with Crippen molar-refractivity contribution >= 4 is 44.7 Å². The Morgan fingerprint density at radius 2 is 2.06 bits per heavy atom. The summed E-state index contributed by atoms with van der Waals surface area (Å²) in [6, 6.07) is 3.95. The SMILES string of the molecule is O=C(Cc1c(F)ccc(Br)c1F)c1sccc1Cl. The number of ketones is 1. The molecule has 94 valence electrons. The van der Waals surface area contributed by atoms with Crippen LogP contribution in [0.5, 0.6) is 0 Å². The number of carbonyl (C=O) groups excluding carboxylic acids is 1. The van der Waals surface area contributed by atoms with Gasteiger partial charge in [-0.2, -0.15) is 0 Å². The van der Waals surface area contributed by atoms with E-state index in [4.69, 9.17) is 11.6 Å². The molecule has 1 aromatic heterocycles. The molecule has 0 amide bonds. The number of Topliss-reactive ketones (excluding diaryl/α,β-unsaturated/α-hetero) is 1. The fourth-order valence-electron chi connectivity index (χ4n) is 1.46. The topological polar surface area (TPSA) is 17.1 Å². The van der Waals surface area contributed by atoms with Gasteiger partial charge in [0.15, 0.2) is 5.78 Å². The number of benzene rings is 1. The first-order valence-electron chi connectivity index (χ1n) is 4.89. The maximum Gasteiger partial charge on any atom is 0.178 e.